The van der Waals surface area contributed by atoms with Crippen LogP contribution in [0.5, 0.6) is 5.75 Å². The molecule has 4 nitrogen and oxygen atoms in total. The fourth-order valence-electron chi connectivity index (χ4n) is 2.10. The highest BCUT2D eigenvalue weighted by Gasteiger charge is 2.19. The Balaban J connectivity index is 1.76. The Morgan fingerprint density at radius 3 is 2.84 bits per heavy atom. The zero-order valence-electron chi connectivity index (χ0n) is 10.8. The summed E-state index contributed by atoms with van der Waals surface area (Å²) in [4.78, 5) is 11.9. The van der Waals surface area contributed by atoms with E-state index in [4.69, 9.17) is 5.73 Å². The van der Waals surface area contributed by atoms with Gasteiger partial charge in [0.25, 0.3) is 0 Å². The second-order valence-corrected chi connectivity index (χ2v) is 6.10. The van der Waals surface area contributed by atoms with Crippen LogP contribution in [0.3, 0.4) is 0 Å². The number of aromatic hydroxyl groups is 1. The van der Waals surface area contributed by atoms with Crippen LogP contribution in [0.15, 0.2) is 24.3 Å². The lowest BCUT2D eigenvalue weighted by Gasteiger charge is -2.14. The van der Waals surface area contributed by atoms with Crippen LogP contribution < -0.4 is 11.1 Å². The molecule has 1 fully saturated rings. The third kappa shape index (κ3) is 4.44. The van der Waals surface area contributed by atoms with E-state index >= 15 is 0 Å². The first-order valence-electron chi connectivity index (χ1n) is 6.54. The minimum Gasteiger partial charge on any atom is -0.508 e. The smallest absolute Gasteiger partial charge is 0.237 e. The monoisotopic (exact) mass is 280 g/mol. The van der Waals surface area contributed by atoms with E-state index in [-0.39, 0.29) is 11.7 Å². The predicted molar refractivity (Wildman–Crippen MR) is 78.2 cm³/mol. The maximum absolute atomic E-state index is 11.9. The molecule has 0 aliphatic carbocycles. The summed E-state index contributed by atoms with van der Waals surface area (Å²) >= 11 is 1.94. The van der Waals surface area contributed by atoms with Crippen molar-refractivity contribution in [1.29, 1.82) is 0 Å². The maximum atomic E-state index is 11.9. The summed E-state index contributed by atoms with van der Waals surface area (Å²) in [5, 5.41) is 12.1. The molecule has 1 saturated heterocycles. The summed E-state index contributed by atoms with van der Waals surface area (Å²) in [6, 6.07) is 6.26. The van der Waals surface area contributed by atoms with Crippen molar-refractivity contribution in [2.75, 3.05) is 18.1 Å². The van der Waals surface area contributed by atoms with Crippen molar-refractivity contribution >= 4 is 17.7 Å². The van der Waals surface area contributed by atoms with E-state index in [1.165, 1.54) is 12.2 Å². The molecule has 2 rings (SSSR count). The topological polar surface area (TPSA) is 75.3 Å². The van der Waals surface area contributed by atoms with Gasteiger partial charge in [-0.05, 0) is 48.0 Å². The number of nitrogens with two attached hydrogens (primary N) is 1. The number of thioether (sulfide) groups is 1. The van der Waals surface area contributed by atoms with Gasteiger partial charge in [0.1, 0.15) is 5.75 Å². The molecule has 4 N–H and O–H groups in total. The summed E-state index contributed by atoms with van der Waals surface area (Å²) in [7, 11) is 0. The highest BCUT2D eigenvalue weighted by Crippen LogP contribution is 2.22. The number of hydrogen-bond donors (Lipinski definition) is 3. The van der Waals surface area contributed by atoms with Crippen LogP contribution in [0, 0.1) is 5.92 Å². The lowest BCUT2D eigenvalue weighted by molar-refractivity contribution is -0.122. The van der Waals surface area contributed by atoms with Gasteiger partial charge < -0.3 is 16.2 Å². The van der Waals surface area contributed by atoms with Crippen molar-refractivity contribution < 1.29 is 9.90 Å². The van der Waals surface area contributed by atoms with Gasteiger partial charge in [-0.1, -0.05) is 12.1 Å². The highest BCUT2D eigenvalue weighted by molar-refractivity contribution is 7.99. The lowest BCUT2D eigenvalue weighted by Crippen LogP contribution is -2.43. The van der Waals surface area contributed by atoms with Gasteiger partial charge >= 0.3 is 0 Å². The second kappa shape index (κ2) is 6.82. The van der Waals surface area contributed by atoms with E-state index in [0.29, 0.717) is 12.3 Å². The molecule has 1 aromatic carbocycles. The number of amides is 1. The van der Waals surface area contributed by atoms with E-state index in [9.17, 15) is 9.90 Å². The number of nitrogens with one attached hydrogen (secondary N) is 1. The first-order chi connectivity index (χ1) is 9.15. The Labute approximate surface area is 117 Å². The van der Waals surface area contributed by atoms with E-state index in [1.807, 2.05) is 11.8 Å². The van der Waals surface area contributed by atoms with Gasteiger partial charge in [-0.3, -0.25) is 4.79 Å². The molecule has 1 aromatic rings. The van der Waals surface area contributed by atoms with Crippen molar-refractivity contribution in [3.63, 3.8) is 0 Å². The summed E-state index contributed by atoms with van der Waals surface area (Å²) in [6.07, 6.45) is 1.67. The Kier molecular flexibility index (Phi) is 5.10. The summed E-state index contributed by atoms with van der Waals surface area (Å²) in [5.74, 6) is 3.05. The number of phenolic OH excluding ortho intramolecular Hbond substituents is 1. The van der Waals surface area contributed by atoms with Gasteiger partial charge in [0.2, 0.25) is 5.91 Å². The molecular formula is C14H20N2O2S. The van der Waals surface area contributed by atoms with Crippen LogP contribution in [-0.2, 0) is 11.2 Å². The molecule has 1 aliphatic rings. The number of phenols is 1. The normalized spacial score (nSPS) is 20.2. The van der Waals surface area contributed by atoms with Crippen molar-refractivity contribution in [2.24, 2.45) is 11.7 Å². The van der Waals surface area contributed by atoms with Crippen LogP contribution in [0.25, 0.3) is 0 Å². The first kappa shape index (κ1) is 14.2. The molecule has 5 heteroatoms. The third-order valence-electron chi connectivity index (χ3n) is 3.32. The van der Waals surface area contributed by atoms with Crippen LogP contribution in [0.4, 0.5) is 0 Å². The maximum Gasteiger partial charge on any atom is 0.237 e. The molecule has 19 heavy (non-hydrogen) atoms. The SMILES string of the molecule is N[C@@H](Cc1ccc(O)cc1)C(=O)NCC1CCSC1. The predicted octanol–water partition coefficient (Wildman–Crippen LogP) is 1.13. The molecule has 1 heterocycles. The first-order valence-corrected chi connectivity index (χ1v) is 7.69. The van der Waals surface area contributed by atoms with Crippen LogP contribution in [0.1, 0.15) is 12.0 Å². The molecule has 1 amide bonds. The van der Waals surface area contributed by atoms with Gasteiger partial charge in [-0.25, -0.2) is 0 Å². The molecule has 2 atom stereocenters. The zero-order valence-corrected chi connectivity index (χ0v) is 11.7. The van der Waals surface area contributed by atoms with Gasteiger partial charge in [0, 0.05) is 6.54 Å². The fourth-order valence-corrected chi connectivity index (χ4v) is 3.38. The Hall–Kier alpha value is -1.20. The van der Waals surface area contributed by atoms with Crippen LogP contribution >= 0.6 is 11.8 Å². The fraction of sp³-hybridized carbons (Fsp3) is 0.500. The molecule has 0 radical (unpaired) electrons. The van der Waals surface area contributed by atoms with E-state index in [1.54, 1.807) is 24.3 Å². The number of carbonyl (C=O) groups is 1. The molecule has 0 spiro atoms. The Morgan fingerprint density at radius 2 is 2.21 bits per heavy atom. The Bertz CT molecular complexity index is 416. The average molecular weight is 280 g/mol. The number of benzene rings is 1. The minimum atomic E-state index is -0.529. The van der Waals surface area contributed by atoms with E-state index in [2.05, 4.69) is 5.32 Å². The summed E-state index contributed by atoms with van der Waals surface area (Å²) < 4.78 is 0. The van der Waals surface area contributed by atoms with E-state index < -0.39 is 6.04 Å². The van der Waals surface area contributed by atoms with Crippen molar-refractivity contribution in [3.05, 3.63) is 29.8 Å². The van der Waals surface area contributed by atoms with Gasteiger partial charge in [-0.2, -0.15) is 11.8 Å². The van der Waals surface area contributed by atoms with Gasteiger partial charge in [0.15, 0.2) is 0 Å². The summed E-state index contributed by atoms with van der Waals surface area (Å²) in [5.41, 5.74) is 6.85. The number of carbonyl (C=O) groups excluding carboxylic acids is 1. The third-order valence-corrected chi connectivity index (χ3v) is 4.55. The van der Waals surface area contributed by atoms with Crippen LogP contribution in [-0.4, -0.2) is 35.1 Å². The van der Waals surface area contributed by atoms with Crippen LogP contribution in [0.2, 0.25) is 0 Å². The van der Waals surface area contributed by atoms with Gasteiger partial charge in [0.05, 0.1) is 6.04 Å². The quantitative estimate of drug-likeness (QED) is 0.756. The second-order valence-electron chi connectivity index (χ2n) is 4.95. The highest BCUT2D eigenvalue weighted by atomic mass is 32.2. The van der Waals surface area contributed by atoms with Gasteiger partial charge in [-0.15, -0.1) is 0 Å². The summed E-state index contributed by atoms with van der Waals surface area (Å²) in [6.45, 7) is 0.731. The number of rotatable bonds is 5. The van der Waals surface area contributed by atoms with Crippen molar-refractivity contribution in [2.45, 2.75) is 18.9 Å². The largest absolute Gasteiger partial charge is 0.508 e. The minimum absolute atomic E-state index is 0.0926. The lowest BCUT2D eigenvalue weighted by atomic mass is 10.1. The Morgan fingerprint density at radius 1 is 1.47 bits per heavy atom. The average Bonchev–Trinajstić information content (AvgIpc) is 2.91. The molecule has 0 bridgehead atoms. The molecular weight excluding hydrogens is 260 g/mol. The number of hydrogen-bond acceptors (Lipinski definition) is 4. The molecule has 104 valence electrons. The zero-order chi connectivity index (χ0) is 13.7. The van der Waals surface area contributed by atoms with E-state index in [0.717, 1.165) is 17.9 Å². The van der Waals surface area contributed by atoms with Crippen molar-refractivity contribution in [3.8, 4) is 5.75 Å². The van der Waals surface area contributed by atoms with Crippen molar-refractivity contribution in [1.82, 2.24) is 5.32 Å². The molecule has 1 aliphatic heterocycles. The molecule has 1 unspecified atom stereocenters. The molecule has 0 aromatic heterocycles. The molecule has 0 saturated carbocycles. The standard InChI is InChI=1S/C14H20N2O2S/c15-13(7-10-1-3-12(17)4-2-10)14(18)16-8-11-5-6-19-9-11/h1-4,11,13,17H,5-9,15H2,(H,16,18)/t11?,13-/m0/s1.